The molecule has 0 saturated heterocycles. The minimum absolute atomic E-state index is 0.0666. The van der Waals surface area contributed by atoms with E-state index in [1.54, 1.807) is 19.9 Å². The van der Waals surface area contributed by atoms with Crippen molar-refractivity contribution in [3.8, 4) is 5.75 Å². The van der Waals surface area contributed by atoms with Crippen molar-refractivity contribution in [2.45, 2.75) is 18.7 Å². The number of rotatable bonds is 4. The summed E-state index contributed by atoms with van der Waals surface area (Å²) in [6.45, 7) is 3.00. The first-order valence-corrected chi connectivity index (χ1v) is 6.31. The van der Waals surface area contributed by atoms with E-state index < -0.39 is 22.5 Å². The Balaban J connectivity index is 3.31. The molecular formula is C10H14N2O4S. The van der Waals surface area contributed by atoms with E-state index in [-0.39, 0.29) is 10.6 Å². The second-order valence-electron chi connectivity index (χ2n) is 3.71. The SMILES string of the molecule is Cc1cc(C)c(OCC(N)=O)c(S(N)(=O)=O)c1. The van der Waals surface area contributed by atoms with E-state index >= 15 is 0 Å². The number of hydrogen-bond donors (Lipinski definition) is 2. The van der Waals surface area contributed by atoms with Gasteiger partial charge in [-0.1, -0.05) is 6.07 Å². The maximum absolute atomic E-state index is 11.4. The second kappa shape index (κ2) is 4.72. The third-order valence-corrected chi connectivity index (χ3v) is 2.97. The third kappa shape index (κ3) is 3.43. The fourth-order valence-electron chi connectivity index (χ4n) is 1.45. The van der Waals surface area contributed by atoms with E-state index in [0.717, 1.165) is 5.56 Å². The first-order chi connectivity index (χ1) is 7.71. The average molecular weight is 258 g/mol. The van der Waals surface area contributed by atoms with Gasteiger partial charge in [-0.3, -0.25) is 4.79 Å². The Morgan fingerprint density at radius 2 is 1.94 bits per heavy atom. The molecular weight excluding hydrogens is 244 g/mol. The van der Waals surface area contributed by atoms with Crippen LogP contribution >= 0.6 is 0 Å². The van der Waals surface area contributed by atoms with Crippen LogP contribution in [0.1, 0.15) is 11.1 Å². The standard InChI is InChI=1S/C10H14N2O4S/c1-6-3-7(2)10(16-5-9(11)13)8(4-6)17(12,14)15/h3-4H,5H2,1-2H3,(H2,11,13)(H2,12,14,15). The van der Waals surface area contributed by atoms with Crippen LogP contribution in [0.25, 0.3) is 0 Å². The van der Waals surface area contributed by atoms with Crippen LogP contribution in [-0.4, -0.2) is 20.9 Å². The molecule has 7 heteroatoms. The van der Waals surface area contributed by atoms with Gasteiger partial charge in [0.05, 0.1) is 0 Å². The van der Waals surface area contributed by atoms with Gasteiger partial charge in [0.25, 0.3) is 5.91 Å². The number of carbonyl (C=O) groups is 1. The molecule has 0 bridgehead atoms. The Labute approximate surface area is 99.6 Å². The quantitative estimate of drug-likeness (QED) is 0.779. The molecule has 1 amide bonds. The molecule has 0 aliphatic heterocycles. The predicted molar refractivity (Wildman–Crippen MR) is 62.0 cm³/mol. The zero-order valence-corrected chi connectivity index (χ0v) is 10.4. The van der Waals surface area contributed by atoms with E-state index in [9.17, 15) is 13.2 Å². The molecule has 1 aromatic carbocycles. The number of primary amides is 1. The zero-order valence-electron chi connectivity index (χ0n) is 9.56. The van der Waals surface area contributed by atoms with Gasteiger partial charge < -0.3 is 10.5 Å². The van der Waals surface area contributed by atoms with E-state index in [2.05, 4.69) is 0 Å². The van der Waals surface area contributed by atoms with Gasteiger partial charge in [-0.2, -0.15) is 0 Å². The molecule has 1 rings (SSSR count). The van der Waals surface area contributed by atoms with Crippen LogP contribution in [0.2, 0.25) is 0 Å². The lowest BCUT2D eigenvalue weighted by Crippen LogP contribution is -2.22. The molecule has 0 saturated carbocycles. The number of carbonyl (C=O) groups excluding carboxylic acids is 1. The van der Waals surface area contributed by atoms with E-state index in [1.807, 2.05) is 0 Å². The van der Waals surface area contributed by atoms with Crippen LogP contribution < -0.4 is 15.6 Å². The monoisotopic (exact) mass is 258 g/mol. The minimum atomic E-state index is -3.90. The summed E-state index contributed by atoms with van der Waals surface area (Å²) in [6.07, 6.45) is 0. The van der Waals surface area contributed by atoms with Gasteiger partial charge in [-0.15, -0.1) is 0 Å². The summed E-state index contributed by atoms with van der Waals surface area (Å²) < 4.78 is 27.8. The highest BCUT2D eigenvalue weighted by Crippen LogP contribution is 2.28. The van der Waals surface area contributed by atoms with Crippen LogP contribution in [-0.2, 0) is 14.8 Å². The number of hydrogen-bond acceptors (Lipinski definition) is 4. The van der Waals surface area contributed by atoms with Crippen LogP contribution in [0.3, 0.4) is 0 Å². The highest BCUT2D eigenvalue weighted by atomic mass is 32.2. The molecule has 1 aromatic rings. The topological polar surface area (TPSA) is 112 Å². The summed E-state index contributed by atoms with van der Waals surface area (Å²) in [7, 11) is -3.90. The van der Waals surface area contributed by atoms with Gasteiger partial charge >= 0.3 is 0 Å². The summed E-state index contributed by atoms with van der Waals surface area (Å²) in [4.78, 5) is 10.5. The number of nitrogens with two attached hydrogens (primary N) is 2. The fraction of sp³-hybridized carbons (Fsp3) is 0.300. The molecule has 0 atom stereocenters. The molecule has 0 fully saturated rings. The Bertz CT molecular complexity index is 552. The first kappa shape index (κ1) is 13.5. The number of primary sulfonamides is 1. The van der Waals surface area contributed by atoms with Crippen LogP contribution in [0.15, 0.2) is 17.0 Å². The van der Waals surface area contributed by atoms with Crippen molar-refractivity contribution >= 4 is 15.9 Å². The number of ether oxygens (including phenoxy) is 1. The van der Waals surface area contributed by atoms with Crippen LogP contribution in [0, 0.1) is 13.8 Å². The molecule has 4 N–H and O–H groups in total. The number of amides is 1. The minimum Gasteiger partial charge on any atom is -0.482 e. The van der Waals surface area contributed by atoms with Crippen molar-refractivity contribution in [3.63, 3.8) is 0 Å². The molecule has 94 valence electrons. The summed E-state index contributed by atoms with van der Waals surface area (Å²) >= 11 is 0. The van der Waals surface area contributed by atoms with Crippen molar-refractivity contribution in [1.29, 1.82) is 0 Å². The smallest absolute Gasteiger partial charge is 0.255 e. The maximum Gasteiger partial charge on any atom is 0.255 e. The third-order valence-electron chi connectivity index (χ3n) is 2.05. The van der Waals surface area contributed by atoms with Gasteiger partial charge in [-0.05, 0) is 31.0 Å². The highest BCUT2D eigenvalue weighted by Gasteiger charge is 2.18. The molecule has 0 aliphatic carbocycles. The van der Waals surface area contributed by atoms with Crippen LogP contribution in [0.5, 0.6) is 5.75 Å². The lowest BCUT2D eigenvalue weighted by Gasteiger charge is -2.12. The van der Waals surface area contributed by atoms with Crippen molar-refractivity contribution in [2.75, 3.05) is 6.61 Å². The van der Waals surface area contributed by atoms with Crippen molar-refractivity contribution in [1.82, 2.24) is 0 Å². The van der Waals surface area contributed by atoms with Crippen molar-refractivity contribution < 1.29 is 17.9 Å². The lowest BCUT2D eigenvalue weighted by molar-refractivity contribution is -0.120. The van der Waals surface area contributed by atoms with Gasteiger partial charge in [0.15, 0.2) is 6.61 Å². The summed E-state index contributed by atoms with van der Waals surface area (Å²) in [5.41, 5.74) is 6.25. The van der Waals surface area contributed by atoms with Gasteiger partial charge in [0, 0.05) is 0 Å². The zero-order chi connectivity index (χ0) is 13.2. The number of benzene rings is 1. The Hall–Kier alpha value is -1.60. The Morgan fingerprint density at radius 1 is 1.35 bits per heavy atom. The molecule has 0 spiro atoms. The Kier molecular flexibility index (Phi) is 3.74. The molecule has 17 heavy (non-hydrogen) atoms. The van der Waals surface area contributed by atoms with Crippen LogP contribution in [0.4, 0.5) is 0 Å². The second-order valence-corrected chi connectivity index (χ2v) is 5.24. The van der Waals surface area contributed by atoms with Crippen molar-refractivity contribution in [2.24, 2.45) is 10.9 Å². The number of aryl methyl sites for hydroxylation is 2. The molecule has 0 unspecified atom stereocenters. The molecule has 0 radical (unpaired) electrons. The van der Waals surface area contributed by atoms with Gasteiger partial charge in [-0.25, -0.2) is 13.6 Å². The Morgan fingerprint density at radius 3 is 2.41 bits per heavy atom. The van der Waals surface area contributed by atoms with E-state index in [1.165, 1.54) is 6.07 Å². The lowest BCUT2D eigenvalue weighted by atomic mass is 10.1. The van der Waals surface area contributed by atoms with Gasteiger partial charge in [0.1, 0.15) is 10.6 Å². The highest BCUT2D eigenvalue weighted by molar-refractivity contribution is 7.89. The molecule has 0 aromatic heterocycles. The number of sulfonamides is 1. The van der Waals surface area contributed by atoms with E-state index in [4.69, 9.17) is 15.6 Å². The molecule has 0 heterocycles. The summed E-state index contributed by atoms with van der Waals surface area (Å²) in [6, 6.07) is 3.11. The fourth-order valence-corrected chi connectivity index (χ4v) is 2.28. The van der Waals surface area contributed by atoms with Crippen molar-refractivity contribution in [3.05, 3.63) is 23.3 Å². The normalized spacial score (nSPS) is 11.2. The first-order valence-electron chi connectivity index (χ1n) is 4.77. The average Bonchev–Trinajstić information content (AvgIpc) is 2.13. The predicted octanol–water partition coefficient (Wildman–Crippen LogP) is -0.185. The largest absolute Gasteiger partial charge is 0.482 e. The maximum atomic E-state index is 11.4. The van der Waals surface area contributed by atoms with Gasteiger partial charge in [0.2, 0.25) is 10.0 Å². The molecule has 6 nitrogen and oxygen atoms in total. The summed E-state index contributed by atoms with van der Waals surface area (Å²) in [5.74, 6) is -0.623. The van der Waals surface area contributed by atoms with E-state index in [0.29, 0.717) is 5.56 Å². The molecule has 0 aliphatic rings. The summed E-state index contributed by atoms with van der Waals surface area (Å²) in [5, 5.41) is 5.08.